The van der Waals surface area contributed by atoms with Crippen molar-refractivity contribution in [1.29, 1.82) is 0 Å². The SMILES string of the molecule is NCCn1cc(S(=O)(=O)NCCC2CCCC2)cn1. The fraction of sp³-hybridized carbons (Fsp3) is 0.750. The smallest absolute Gasteiger partial charge is 0.243 e. The molecule has 1 aliphatic carbocycles. The number of nitrogens with one attached hydrogen (secondary N) is 1. The fourth-order valence-electron chi connectivity index (χ4n) is 2.52. The number of sulfonamides is 1. The second-order valence-corrected chi connectivity index (χ2v) is 6.83. The van der Waals surface area contributed by atoms with Crippen LogP contribution in [0.1, 0.15) is 32.1 Å². The summed E-state index contributed by atoms with van der Waals surface area (Å²) in [6, 6.07) is 0. The van der Waals surface area contributed by atoms with E-state index in [2.05, 4.69) is 9.82 Å². The van der Waals surface area contributed by atoms with Gasteiger partial charge in [-0.1, -0.05) is 25.7 Å². The number of aromatic nitrogens is 2. The van der Waals surface area contributed by atoms with E-state index >= 15 is 0 Å². The van der Waals surface area contributed by atoms with Gasteiger partial charge in [-0.25, -0.2) is 13.1 Å². The Morgan fingerprint density at radius 2 is 2.16 bits per heavy atom. The second-order valence-electron chi connectivity index (χ2n) is 5.06. The van der Waals surface area contributed by atoms with Crippen LogP contribution in [0.2, 0.25) is 0 Å². The third-order valence-corrected chi connectivity index (χ3v) is 5.01. The molecule has 0 saturated heterocycles. The Morgan fingerprint density at radius 3 is 2.84 bits per heavy atom. The van der Waals surface area contributed by atoms with Crippen molar-refractivity contribution in [3.05, 3.63) is 12.4 Å². The Kier molecular flexibility index (Phi) is 4.95. The lowest BCUT2D eigenvalue weighted by Gasteiger charge is -2.09. The molecular formula is C12H22N4O2S. The highest BCUT2D eigenvalue weighted by Gasteiger charge is 2.18. The highest BCUT2D eigenvalue weighted by atomic mass is 32.2. The third-order valence-electron chi connectivity index (χ3n) is 3.60. The minimum Gasteiger partial charge on any atom is -0.329 e. The van der Waals surface area contributed by atoms with Crippen molar-refractivity contribution in [3.63, 3.8) is 0 Å². The average molecular weight is 286 g/mol. The quantitative estimate of drug-likeness (QED) is 0.772. The zero-order chi connectivity index (χ0) is 13.7. The predicted octanol–water partition coefficient (Wildman–Crippen LogP) is 0.700. The Hall–Kier alpha value is -0.920. The van der Waals surface area contributed by atoms with Gasteiger partial charge in [-0.3, -0.25) is 4.68 Å². The highest BCUT2D eigenvalue weighted by Crippen LogP contribution is 2.27. The Labute approximate surface area is 114 Å². The van der Waals surface area contributed by atoms with E-state index in [9.17, 15) is 8.42 Å². The van der Waals surface area contributed by atoms with Crippen LogP contribution in [0.5, 0.6) is 0 Å². The number of nitrogens with two attached hydrogens (primary N) is 1. The summed E-state index contributed by atoms with van der Waals surface area (Å²) in [7, 11) is -3.42. The van der Waals surface area contributed by atoms with Crippen molar-refractivity contribution >= 4 is 10.0 Å². The summed E-state index contributed by atoms with van der Waals surface area (Å²) in [4.78, 5) is 0.215. The van der Waals surface area contributed by atoms with Crippen LogP contribution in [0.25, 0.3) is 0 Å². The van der Waals surface area contributed by atoms with E-state index in [0.717, 1.165) is 6.42 Å². The molecule has 1 fully saturated rings. The highest BCUT2D eigenvalue weighted by molar-refractivity contribution is 7.89. The molecule has 2 rings (SSSR count). The maximum Gasteiger partial charge on any atom is 0.243 e. The van der Waals surface area contributed by atoms with Crippen molar-refractivity contribution in [3.8, 4) is 0 Å². The van der Waals surface area contributed by atoms with Crippen LogP contribution in [-0.4, -0.2) is 31.3 Å². The van der Waals surface area contributed by atoms with E-state index in [1.807, 2.05) is 0 Å². The van der Waals surface area contributed by atoms with Gasteiger partial charge in [-0.05, 0) is 12.3 Å². The van der Waals surface area contributed by atoms with E-state index in [4.69, 9.17) is 5.73 Å². The molecule has 19 heavy (non-hydrogen) atoms. The van der Waals surface area contributed by atoms with Crippen LogP contribution in [0.4, 0.5) is 0 Å². The van der Waals surface area contributed by atoms with Gasteiger partial charge < -0.3 is 5.73 Å². The first kappa shape index (κ1) is 14.5. The van der Waals surface area contributed by atoms with E-state index in [-0.39, 0.29) is 4.90 Å². The van der Waals surface area contributed by atoms with Gasteiger partial charge in [-0.15, -0.1) is 0 Å². The summed E-state index contributed by atoms with van der Waals surface area (Å²) < 4.78 is 28.2. The molecule has 0 aromatic carbocycles. The zero-order valence-corrected chi connectivity index (χ0v) is 11.9. The summed E-state index contributed by atoms with van der Waals surface area (Å²) >= 11 is 0. The van der Waals surface area contributed by atoms with Crippen LogP contribution < -0.4 is 10.5 Å². The molecule has 7 heteroatoms. The minimum atomic E-state index is -3.42. The maximum atomic E-state index is 12.0. The summed E-state index contributed by atoms with van der Waals surface area (Å²) in [6.07, 6.45) is 8.84. The lowest BCUT2D eigenvalue weighted by Crippen LogP contribution is -2.25. The predicted molar refractivity (Wildman–Crippen MR) is 73.0 cm³/mol. The Balaban J connectivity index is 1.85. The van der Waals surface area contributed by atoms with E-state index in [1.54, 1.807) is 4.68 Å². The summed E-state index contributed by atoms with van der Waals surface area (Å²) in [5, 5.41) is 3.98. The second kappa shape index (κ2) is 6.49. The number of nitrogens with zero attached hydrogens (tertiary/aromatic N) is 2. The van der Waals surface area contributed by atoms with Gasteiger partial charge >= 0.3 is 0 Å². The van der Waals surface area contributed by atoms with Gasteiger partial charge in [0.1, 0.15) is 4.90 Å². The number of rotatable bonds is 7. The molecule has 1 saturated carbocycles. The van der Waals surface area contributed by atoms with Gasteiger partial charge in [0.2, 0.25) is 10.0 Å². The molecule has 1 aliphatic rings. The molecule has 0 bridgehead atoms. The van der Waals surface area contributed by atoms with Crippen molar-refractivity contribution in [1.82, 2.24) is 14.5 Å². The fourth-order valence-corrected chi connectivity index (χ4v) is 3.52. The monoisotopic (exact) mass is 286 g/mol. The van der Waals surface area contributed by atoms with Crippen molar-refractivity contribution in [2.75, 3.05) is 13.1 Å². The minimum absolute atomic E-state index is 0.215. The van der Waals surface area contributed by atoms with Crippen LogP contribution in [-0.2, 0) is 16.6 Å². The lowest BCUT2D eigenvalue weighted by atomic mass is 10.1. The normalized spacial score (nSPS) is 17.1. The van der Waals surface area contributed by atoms with Crippen LogP contribution >= 0.6 is 0 Å². The van der Waals surface area contributed by atoms with Crippen LogP contribution in [0.15, 0.2) is 17.3 Å². The molecule has 0 amide bonds. The van der Waals surface area contributed by atoms with E-state index in [1.165, 1.54) is 38.1 Å². The first-order valence-electron chi connectivity index (χ1n) is 6.84. The molecule has 1 aromatic rings. The van der Waals surface area contributed by atoms with Gasteiger partial charge in [0.25, 0.3) is 0 Å². The average Bonchev–Trinajstić information content (AvgIpc) is 3.00. The van der Waals surface area contributed by atoms with Crippen molar-refractivity contribution in [2.45, 2.75) is 43.5 Å². The molecule has 6 nitrogen and oxygen atoms in total. The van der Waals surface area contributed by atoms with Crippen LogP contribution in [0, 0.1) is 5.92 Å². The molecule has 0 aliphatic heterocycles. The molecule has 0 atom stereocenters. The van der Waals surface area contributed by atoms with E-state index < -0.39 is 10.0 Å². The van der Waals surface area contributed by atoms with Crippen molar-refractivity contribution in [2.24, 2.45) is 11.7 Å². The van der Waals surface area contributed by atoms with Gasteiger partial charge in [0, 0.05) is 19.3 Å². The molecule has 0 unspecified atom stereocenters. The van der Waals surface area contributed by atoms with Crippen molar-refractivity contribution < 1.29 is 8.42 Å². The van der Waals surface area contributed by atoms with E-state index in [0.29, 0.717) is 25.6 Å². The molecule has 1 heterocycles. The Bertz CT molecular complexity index is 492. The summed E-state index contributed by atoms with van der Waals surface area (Å²) in [5.74, 6) is 0.683. The molecular weight excluding hydrogens is 264 g/mol. The van der Waals surface area contributed by atoms with Gasteiger partial charge in [0.05, 0.1) is 12.7 Å². The first-order chi connectivity index (χ1) is 9.12. The molecule has 3 N–H and O–H groups in total. The Morgan fingerprint density at radius 1 is 1.42 bits per heavy atom. The molecule has 1 aromatic heterocycles. The standard InChI is InChI=1S/C12H22N4O2S/c13-6-8-16-10-12(9-14-16)19(17,18)15-7-5-11-3-1-2-4-11/h9-11,15H,1-8,13H2. The van der Waals surface area contributed by atoms with Crippen LogP contribution in [0.3, 0.4) is 0 Å². The molecule has 108 valence electrons. The molecule has 0 spiro atoms. The third kappa shape index (κ3) is 4.02. The summed E-state index contributed by atoms with van der Waals surface area (Å²) in [5.41, 5.74) is 5.40. The number of hydrogen-bond acceptors (Lipinski definition) is 4. The largest absolute Gasteiger partial charge is 0.329 e. The lowest BCUT2D eigenvalue weighted by molar-refractivity contribution is 0.495. The first-order valence-corrected chi connectivity index (χ1v) is 8.32. The summed E-state index contributed by atoms with van der Waals surface area (Å²) in [6.45, 7) is 1.48. The van der Waals surface area contributed by atoms with Gasteiger partial charge in [0.15, 0.2) is 0 Å². The number of hydrogen-bond donors (Lipinski definition) is 2. The maximum absolute atomic E-state index is 12.0. The topological polar surface area (TPSA) is 90.0 Å². The molecule has 0 radical (unpaired) electrons. The zero-order valence-electron chi connectivity index (χ0n) is 11.1. The van der Waals surface area contributed by atoms with Gasteiger partial charge in [-0.2, -0.15) is 5.10 Å².